The predicted octanol–water partition coefficient (Wildman–Crippen LogP) is 4.66. The van der Waals surface area contributed by atoms with Crippen LogP contribution in [0.5, 0.6) is 5.75 Å². The lowest BCUT2D eigenvalue weighted by atomic mass is 9.94. The minimum atomic E-state index is -1.07. The van der Waals surface area contributed by atoms with Crippen molar-refractivity contribution in [3.63, 3.8) is 0 Å². The molecule has 1 heterocycles. The number of hydrogen-bond donors (Lipinski definition) is 3. The van der Waals surface area contributed by atoms with Gasteiger partial charge < -0.3 is 20.5 Å². The second-order valence-corrected chi connectivity index (χ2v) is 10.1. The van der Waals surface area contributed by atoms with Crippen molar-refractivity contribution in [2.75, 3.05) is 7.11 Å². The van der Waals surface area contributed by atoms with E-state index in [0.717, 1.165) is 16.0 Å². The average Bonchev–Trinajstić information content (AvgIpc) is 3.33. The highest BCUT2D eigenvalue weighted by Crippen LogP contribution is 2.30. The Morgan fingerprint density at radius 3 is 2.47 bits per heavy atom. The second-order valence-electron chi connectivity index (χ2n) is 9.03. The molecule has 7 nitrogen and oxygen atoms in total. The van der Waals surface area contributed by atoms with Crippen LogP contribution in [0.3, 0.4) is 0 Å². The number of carboxylic acids is 1. The van der Waals surface area contributed by atoms with Gasteiger partial charge in [-0.25, -0.2) is 4.39 Å². The third-order valence-corrected chi connectivity index (χ3v) is 6.61. The van der Waals surface area contributed by atoms with Crippen LogP contribution < -0.4 is 15.4 Å². The average molecular weight is 513 g/mol. The number of nitrogens with one attached hydrogen (secondary N) is 2. The first kappa shape index (κ1) is 26.9. The van der Waals surface area contributed by atoms with E-state index < -0.39 is 29.4 Å². The zero-order valence-corrected chi connectivity index (χ0v) is 21.2. The summed E-state index contributed by atoms with van der Waals surface area (Å²) in [6, 6.07) is 15.9. The topological polar surface area (TPSA) is 105 Å². The molecular formula is C27H29FN2O5S. The molecule has 3 N–H and O–H groups in total. The van der Waals surface area contributed by atoms with Gasteiger partial charge in [-0.3, -0.25) is 14.4 Å². The maximum atomic E-state index is 13.2. The molecule has 1 aromatic heterocycles. The Morgan fingerprint density at radius 2 is 1.81 bits per heavy atom. The minimum absolute atomic E-state index is 0.0619. The summed E-state index contributed by atoms with van der Waals surface area (Å²) in [5, 5.41) is 14.7. The number of halogens is 1. The molecular weight excluding hydrogens is 483 g/mol. The normalized spacial score (nSPS) is 12.0. The maximum Gasteiger partial charge on any atom is 0.303 e. The first-order valence-corrected chi connectivity index (χ1v) is 12.2. The van der Waals surface area contributed by atoms with E-state index in [4.69, 9.17) is 9.84 Å². The molecule has 190 valence electrons. The van der Waals surface area contributed by atoms with Crippen molar-refractivity contribution >= 4 is 29.1 Å². The van der Waals surface area contributed by atoms with E-state index in [-0.39, 0.29) is 18.7 Å². The van der Waals surface area contributed by atoms with Gasteiger partial charge in [-0.15, -0.1) is 11.3 Å². The smallest absolute Gasteiger partial charge is 0.303 e. The number of amides is 2. The largest absolute Gasteiger partial charge is 0.497 e. The molecule has 0 bridgehead atoms. The fourth-order valence-corrected chi connectivity index (χ4v) is 4.64. The van der Waals surface area contributed by atoms with Crippen LogP contribution in [0, 0.1) is 5.82 Å². The van der Waals surface area contributed by atoms with Crippen LogP contribution in [0.25, 0.3) is 10.4 Å². The van der Waals surface area contributed by atoms with Crippen molar-refractivity contribution in [2.45, 2.75) is 44.7 Å². The Balaban J connectivity index is 1.71. The van der Waals surface area contributed by atoms with Crippen LogP contribution in [0.15, 0.2) is 60.7 Å². The Kier molecular flexibility index (Phi) is 8.82. The molecule has 0 fully saturated rings. The van der Waals surface area contributed by atoms with Gasteiger partial charge in [-0.05, 0) is 74.2 Å². The number of rotatable bonds is 11. The lowest BCUT2D eigenvalue weighted by molar-refractivity contribution is -0.137. The molecule has 0 saturated carbocycles. The summed E-state index contributed by atoms with van der Waals surface area (Å²) in [5.41, 5.74) is 1.00. The van der Waals surface area contributed by atoms with Crippen molar-refractivity contribution in [2.24, 2.45) is 0 Å². The summed E-state index contributed by atoms with van der Waals surface area (Å²) in [5.74, 6) is -1.66. The molecule has 0 saturated heterocycles. The number of ether oxygens (including phenoxy) is 1. The standard InChI is InChI=1S/C27H29FN2O5S/c1-27(2,16-17-7-9-19(28)10-8-17)30-25(33)21(11-14-24(31)32)29-26(34)23-13-12-22(36-23)18-5-4-6-20(15-18)35-3/h4-10,12-13,15,21H,11,14,16H2,1-3H3,(H,29,34)(H,30,33)(H,31,32)/t21-/m0/s1. The van der Waals surface area contributed by atoms with E-state index in [9.17, 15) is 18.8 Å². The van der Waals surface area contributed by atoms with Crippen molar-refractivity contribution in [3.8, 4) is 16.2 Å². The Labute approximate surface area is 213 Å². The molecule has 9 heteroatoms. The molecule has 1 atom stereocenters. The number of benzene rings is 2. The number of thiophene rings is 1. The molecule has 2 aromatic carbocycles. The number of methoxy groups -OCH3 is 1. The lowest BCUT2D eigenvalue weighted by Crippen LogP contribution is -2.54. The van der Waals surface area contributed by atoms with Crippen LogP contribution in [-0.4, -0.2) is 41.6 Å². The number of carbonyl (C=O) groups is 3. The van der Waals surface area contributed by atoms with Crippen molar-refractivity contribution < 1.29 is 28.6 Å². The van der Waals surface area contributed by atoms with Crippen LogP contribution in [0.2, 0.25) is 0 Å². The first-order valence-electron chi connectivity index (χ1n) is 11.4. The van der Waals surface area contributed by atoms with Gasteiger partial charge in [0.15, 0.2) is 0 Å². The molecule has 2 amide bonds. The highest BCUT2D eigenvalue weighted by molar-refractivity contribution is 7.17. The van der Waals surface area contributed by atoms with Crippen molar-refractivity contribution in [3.05, 3.63) is 76.9 Å². The zero-order valence-electron chi connectivity index (χ0n) is 20.3. The summed E-state index contributed by atoms with van der Waals surface area (Å²) in [6.45, 7) is 3.62. The lowest BCUT2D eigenvalue weighted by Gasteiger charge is -2.29. The Hall–Kier alpha value is -3.72. The number of carbonyl (C=O) groups excluding carboxylic acids is 2. The number of aliphatic carboxylic acids is 1. The number of hydrogen-bond acceptors (Lipinski definition) is 5. The molecule has 0 aliphatic carbocycles. The van der Waals surface area contributed by atoms with Gasteiger partial charge in [0.1, 0.15) is 17.6 Å². The van der Waals surface area contributed by atoms with Crippen molar-refractivity contribution in [1.29, 1.82) is 0 Å². The molecule has 3 rings (SSSR count). The summed E-state index contributed by atoms with van der Waals surface area (Å²) in [6.07, 6.45) is 0.0807. The van der Waals surface area contributed by atoms with Gasteiger partial charge in [-0.2, -0.15) is 0 Å². The molecule has 3 aromatic rings. The molecule has 0 radical (unpaired) electrons. The zero-order chi connectivity index (χ0) is 26.3. The van der Waals surface area contributed by atoms with E-state index in [1.165, 1.54) is 23.5 Å². The molecule has 0 aliphatic heterocycles. The maximum absolute atomic E-state index is 13.2. The van der Waals surface area contributed by atoms with Crippen LogP contribution in [0.1, 0.15) is 41.9 Å². The highest BCUT2D eigenvalue weighted by atomic mass is 32.1. The van der Waals surface area contributed by atoms with E-state index >= 15 is 0 Å². The SMILES string of the molecule is COc1cccc(-c2ccc(C(=O)N[C@@H](CCC(=O)O)C(=O)NC(C)(C)Cc3ccc(F)cc3)s2)c1. The van der Waals surface area contributed by atoms with Crippen LogP contribution >= 0.6 is 11.3 Å². The summed E-state index contributed by atoms with van der Waals surface area (Å²) in [7, 11) is 1.58. The third kappa shape index (κ3) is 7.64. The number of carboxylic acid groups (broad SMARTS) is 1. The van der Waals surface area contributed by atoms with E-state index in [0.29, 0.717) is 17.0 Å². The fourth-order valence-electron chi connectivity index (χ4n) is 3.73. The van der Waals surface area contributed by atoms with Gasteiger partial charge >= 0.3 is 5.97 Å². The predicted molar refractivity (Wildman–Crippen MR) is 137 cm³/mol. The van der Waals surface area contributed by atoms with Crippen LogP contribution in [-0.2, 0) is 16.0 Å². The Bertz CT molecular complexity index is 1220. The minimum Gasteiger partial charge on any atom is -0.497 e. The van der Waals surface area contributed by atoms with Crippen LogP contribution in [0.4, 0.5) is 4.39 Å². The van der Waals surface area contributed by atoms with Gasteiger partial charge in [0, 0.05) is 16.8 Å². The van der Waals surface area contributed by atoms with E-state index in [1.807, 2.05) is 44.2 Å². The molecule has 0 spiro atoms. The summed E-state index contributed by atoms with van der Waals surface area (Å²) < 4.78 is 18.5. The second kappa shape index (κ2) is 11.8. The third-order valence-electron chi connectivity index (χ3n) is 5.47. The van der Waals surface area contributed by atoms with Gasteiger partial charge in [0.05, 0.1) is 12.0 Å². The monoisotopic (exact) mass is 512 g/mol. The van der Waals surface area contributed by atoms with E-state index in [1.54, 1.807) is 25.3 Å². The molecule has 0 unspecified atom stereocenters. The molecule has 36 heavy (non-hydrogen) atoms. The highest BCUT2D eigenvalue weighted by Gasteiger charge is 2.28. The first-order chi connectivity index (χ1) is 17.1. The van der Waals surface area contributed by atoms with Gasteiger partial charge in [-0.1, -0.05) is 24.3 Å². The van der Waals surface area contributed by atoms with Gasteiger partial charge in [0.2, 0.25) is 5.91 Å². The Morgan fingerprint density at radius 1 is 1.08 bits per heavy atom. The van der Waals surface area contributed by atoms with E-state index in [2.05, 4.69) is 10.6 Å². The summed E-state index contributed by atoms with van der Waals surface area (Å²) in [4.78, 5) is 38.5. The molecule has 0 aliphatic rings. The van der Waals surface area contributed by atoms with Crippen molar-refractivity contribution in [1.82, 2.24) is 10.6 Å². The quantitative estimate of drug-likeness (QED) is 0.347. The van der Waals surface area contributed by atoms with Gasteiger partial charge in [0.25, 0.3) is 5.91 Å². The summed E-state index contributed by atoms with van der Waals surface area (Å²) >= 11 is 1.26. The fraction of sp³-hybridized carbons (Fsp3) is 0.296.